The van der Waals surface area contributed by atoms with E-state index in [4.69, 9.17) is 9.84 Å². The average Bonchev–Trinajstić information content (AvgIpc) is 2.44. The zero-order chi connectivity index (χ0) is 14.0. The Kier molecular flexibility index (Phi) is 3.74. The molecule has 1 amide bonds. The van der Waals surface area contributed by atoms with Crippen LogP contribution in [0.1, 0.15) is 24.8 Å². The largest absolute Gasteiger partial charge is 0.493 e. The summed E-state index contributed by atoms with van der Waals surface area (Å²) in [6, 6.07) is 6.57. The maximum absolute atomic E-state index is 12.4. The van der Waals surface area contributed by atoms with E-state index in [9.17, 15) is 9.59 Å². The number of nitrogens with zero attached hydrogens (tertiary/aromatic N) is 1. The van der Waals surface area contributed by atoms with Gasteiger partial charge in [-0.1, -0.05) is 18.2 Å². The average molecular weight is 263 g/mol. The summed E-state index contributed by atoms with van der Waals surface area (Å²) < 4.78 is 5.50. The minimum atomic E-state index is -1.00. The van der Waals surface area contributed by atoms with Crippen molar-refractivity contribution in [1.29, 1.82) is 0 Å². The number of fused-ring (bicyclic) bond motifs is 1. The molecule has 0 aromatic heterocycles. The van der Waals surface area contributed by atoms with E-state index >= 15 is 0 Å². The molecule has 5 nitrogen and oxygen atoms in total. The van der Waals surface area contributed by atoms with Crippen molar-refractivity contribution < 1.29 is 19.4 Å². The minimum Gasteiger partial charge on any atom is -0.493 e. The monoisotopic (exact) mass is 263 g/mol. The van der Waals surface area contributed by atoms with E-state index in [1.165, 1.54) is 18.9 Å². The number of amides is 1. The Bertz CT molecular complexity index is 500. The van der Waals surface area contributed by atoms with E-state index in [1.54, 1.807) is 0 Å². The number of likely N-dealkylation sites (N-methyl/N-ethyl adjacent to an activating group) is 1. The highest BCUT2D eigenvalue weighted by Gasteiger charge is 2.32. The summed E-state index contributed by atoms with van der Waals surface area (Å²) in [5, 5.41) is 8.98. The van der Waals surface area contributed by atoms with Gasteiger partial charge in [-0.15, -0.1) is 0 Å². The lowest BCUT2D eigenvalue weighted by atomic mass is 9.91. The molecule has 1 aromatic rings. The molecule has 0 bridgehead atoms. The Morgan fingerprint density at radius 2 is 2.11 bits per heavy atom. The van der Waals surface area contributed by atoms with Gasteiger partial charge >= 0.3 is 5.97 Å². The third-order valence-electron chi connectivity index (χ3n) is 3.54. The number of aliphatic carboxylic acids is 1. The van der Waals surface area contributed by atoms with Gasteiger partial charge in [0, 0.05) is 12.6 Å². The summed E-state index contributed by atoms with van der Waals surface area (Å²) in [5.41, 5.74) is 0.836. The number of hydrogen-bond donors (Lipinski definition) is 1. The van der Waals surface area contributed by atoms with Crippen LogP contribution >= 0.6 is 0 Å². The first-order valence-electron chi connectivity index (χ1n) is 6.23. The lowest BCUT2D eigenvalue weighted by molar-refractivity contribution is -0.149. The maximum Gasteiger partial charge on any atom is 0.326 e. The summed E-state index contributed by atoms with van der Waals surface area (Å²) in [4.78, 5) is 24.7. The molecule has 102 valence electrons. The Balaban J connectivity index is 2.24. The molecule has 0 radical (unpaired) electrons. The summed E-state index contributed by atoms with van der Waals surface area (Å²) >= 11 is 0. The zero-order valence-electron chi connectivity index (χ0n) is 11.0. The Morgan fingerprint density at radius 3 is 2.79 bits per heavy atom. The molecule has 1 aliphatic rings. The van der Waals surface area contributed by atoms with Gasteiger partial charge in [0.15, 0.2) is 0 Å². The lowest BCUT2D eigenvalue weighted by Crippen LogP contribution is -2.43. The van der Waals surface area contributed by atoms with Gasteiger partial charge in [-0.3, -0.25) is 4.79 Å². The lowest BCUT2D eigenvalue weighted by Gasteiger charge is -2.30. The highest BCUT2D eigenvalue weighted by molar-refractivity contribution is 5.88. The molecule has 0 saturated heterocycles. The molecule has 0 spiro atoms. The standard InChI is InChI=1S/C14H17NO4/c1-9(14(17)18)15(2)13(16)11-7-8-19-12-6-4-3-5-10(11)12/h3-6,9,11H,7-8H2,1-2H3,(H,17,18)/t9-,11+/m1/s1. The van der Waals surface area contributed by atoms with Gasteiger partial charge < -0.3 is 14.7 Å². The second kappa shape index (κ2) is 5.30. The molecule has 5 heteroatoms. The fourth-order valence-corrected chi connectivity index (χ4v) is 2.20. The summed E-state index contributed by atoms with van der Waals surface area (Å²) in [7, 11) is 1.53. The number of hydrogen-bond acceptors (Lipinski definition) is 3. The van der Waals surface area contributed by atoms with Crippen LogP contribution < -0.4 is 4.74 Å². The van der Waals surface area contributed by atoms with Gasteiger partial charge in [-0.25, -0.2) is 4.79 Å². The fraction of sp³-hybridized carbons (Fsp3) is 0.429. The Morgan fingerprint density at radius 1 is 1.42 bits per heavy atom. The van der Waals surface area contributed by atoms with E-state index in [0.29, 0.717) is 18.8 Å². The van der Waals surface area contributed by atoms with Crippen LogP contribution in [0.25, 0.3) is 0 Å². The van der Waals surface area contributed by atoms with Gasteiger partial charge in [-0.05, 0) is 19.4 Å². The number of rotatable bonds is 3. The number of ether oxygens (including phenoxy) is 1. The van der Waals surface area contributed by atoms with Crippen molar-refractivity contribution in [1.82, 2.24) is 4.90 Å². The molecular formula is C14H17NO4. The quantitative estimate of drug-likeness (QED) is 0.897. The summed E-state index contributed by atoms with van der Waals surface area (Å²) in [6.45, 7) is 1.98. The second-order valence-electron chi connectivity index (χ2n) is 4.69. The van der Waals surface area contributed by atoms with Crippen molar-refractivity contribution in [2.45, 2.75) is 25.3 Å². The number of para-hydroxylation sites is 1. The van der Waals surface area contributed by atoms with E-state index in [2.05, 4.69) is 0 Å². The maximum atomic E-state index is 12.4. The topological polar surface area (TPSA) is 66.8 Å². The van der Waals surface area contributed by atoms with Crippen molar-refractivity contribution >= 4 is 11.9 Å². The zero-order valence-corrected chi connectivity index (χ0v) is 11.0. The molecule has 19 heavy (non-hydrogen) atoms. The number of carbonyl (C=O) groups excluding carboxylic acids is 1. The molecule has 1 N–H and O–H groups in total. The third-order valence-corrected chi connectivity index (χ3v) is 3.54. The van der Waals surface area contributed by atoms with Crippen molar-refractivity contribution in [3.63, 3.8) is 0 Å². The molecule has 1 aromatic carbocycles. The van der Waals surface area contributed by atoms with E-state index in [0.717, 1.165) is 5.56 Å². The van der Waals surface area contributed by atoms with Crippen LogP contribution in [0.3, 0.4) is 0 Å². The molecule has 0 saturated carbocycles. The van der Waals surface area contributed by atoms with Crippen LogP contribution in [0.15, 0.2) is 24.3 Å². The van der Waals surface area contributed by atoms with Gasteiger partial charge in [-0.2, -0.15) is 0 Å². The summed E-state index contributed by atoms with van der Waals surface area (Å²) in [5.74, 6) is -0.790. The van der Waals surface area contributed by atoms with Gasteiger partial charge in [0.1, 0.15) is 11.8 Å². The van der Waals surface area contributed by atoms with Crippen LogP contribution in [-0.2, 0) is 9.59 Å². The summed E-state index contributed by atoms with van der Waals surface area (Å²) in [6.07, 6.45) is 0.576. The van der Waals surface area contributed by atoms with Crippen LogP contribution in [0, 0.1) is 0 Å². The van der Waals surface area contributed by atoms with Crippen molar-refractivity contribution in [3.8, 4) is 5.75 Å². The predicted molar refractivity (Wildman–Crippen MR) is 69.2 cm³/mol. The van der Waals surface area contributed by atoms with E-state index in [1.807, 2.05) is 24.3 Å². The molecular weight excluding hydrogens is 246 g/mol. The Hall–Kier alpha value is -2.04. The number of benzene rings is 1. The van der Waals surface area contributed by atoms with Crippen LogP contribution in [-0.4, -0.2) is 41.6 Å². The van der Waals surface area contributed by atoms with Crippen molar-refractivity contribution in [2.24, 2.45) is 0 Å². The number of carboxylic acids is 1. The first kappa shape index (κ1) is 13.4. The normalized spacial score (nSPS) is 18.9. The molecule has 1 aliphatic heterocycles. The van der Waals surface area contributed by atoms with Gasteiger partial charge in [0.2, 0.25) is 5.91 Å². The second-order valence-corrected chi connectivity index (χ2v) is 4.69. The molecule has 1 heterocycles. The Labute approximate surface area is 111 Å². The molecule has 0 fully saturated rings. The SMILES string of the molecule is C[C@H](C(=O)O)N(C)C(=O)[C@H]1CCOc2ccccc21. The fourth-order valence-electron chi connectivity index (χ4n) is 2.20. The minimum absolute atomic E-state index is 0.175. The first-order valence-corrected chi connectivity index (χ1v) is 6.23. The van der Waals surface area contributed by atoms with E-state index in [-0.39, 0.29) is 11.8 Å². The van der Waals surface area contributed by atoms with Crippen molar-refractivity contribution in [3.05, 3.63) is 29.8 Å². The number of carbonyl (C=O) groups is 2. The molecule has 2 rings (SSSR count). The highest BCUT2D eigenvalue weighted by atomic mass is 16.5. The number of carboxylic acid groups (broad SMARTS) is 1. The van der Waals surface area contributed by atoms with E-state index < -0.39 is 12.0 Å². The van der Waals surface area contributed by atoms with Crippen molar-refractivity contribution in [2.75, 3.05) is 13.7 Å². The molecule has 2 atom stereocenters. The first-order chi connectivity index (χ1) is 9.02. The van der Waals surface area contributed by atoms with Gasteiger partial charge in [0.25, 0.3) is 0 Å². The smallest absolute Gasteiger partial charge is 0.326 e. The van der Waals surface area contributed by atoms with Crippen LogP contribution in [0.4, 0.5) is 0 Å². The molecule has 0 aliphatic carbocycles. The predicted octanol–water partition coefficient (Wildman–Crippen LogP) is 1.48. The highest BCUT2D eigenvalue weighted by Crippen LogP contribution is 2.34. The van der Waals surface area contributed by atoms with Crippen LogP contribution in [0.5, 0.6) is 5.75 Å². The van der Waals surface area contributed by atoms with Crippen LogP contribution in [0.2, 0.25) is 0 Å². The third kappa shape index (κ3) is 2.54. The molecule has 0 unspecified atom stereocenters. The van der Waals surface area contributed by atoms with Gasteiger partial charge in [0.05, 0.1) is 12.5 Å².